The summed E-state index contributed by atoms with van der Waals surface area (Å²) in [7, 11) is 1.70. The zero-order valence-corrected chi connectivity index (χ0v) is 13.3. The Bertz CT molecular complexity index is 613. The number of hydrogen-bond acceptors (Lipinski definition) is 2. The Morgan fingerprint density at radius 1 is 1.19 bits per heavy atom. The summed E-state index contributed by atoms with van der Waals surface area (Å²) in [6.45, 7) is 6.93. The second-order valence-electron chi connectivity index (χ2n) is 6.46. The van der Waals surface area contributed by atoms with Gasteiger partial charge in [-0.3, -0.25) is 5.10 Å². The van der Waals surface area contributed by atoms with E-state index in [0.29, 0.717) is 17.8 Å². The zero-order valence-electron chi connectivity index (χ0n) is 13.3. The molecule has 1 aliphatic rings. The van der Waals surface area contributed by atoms with Gasteiger partial charge in [0, 0.05) is 22.7 Å². The molecule has 3 heteroatoms. The smallest absolute Gasteiger partial charge is 0.118 e. The molecule has 0 bridgehead atoms. The normalized spacial score (nSPS) is 21.4. The van der Waals surface area contributed by atoms with Crippen molar-refractivity contribution in [1.29, 1.82) is 0 Å². The first kappa shape index (κ1) is 14.2. The van der Waals surface area contributed by atoms with Crippen LogP contribution < -0.4 is 4.74 Å². The molecule has 2 aromatic rings. The van der Waals surface area contributed by atoms with Gasteiger partial charge in [-0.2, -0.15) is 5.10 Å². The van der Waals surface area contributed by atoms with Crippen molar-refractivity contribution in [3.63, 3.8) is 0 Å². The van der Waals surface area contributed by atoms with Crippen molar-refractivity contribution in [3.05, 3.63) is 35.5 Å². The largest absolute Gasteiger partial charge is 0.497 e. The van der Waals surface area contributed by atoms with Crippen molar-refractivity contribution in [3.8, 4) is 17.0 Å². The van der Waals surface area contributed by atoms with E-state index in [1.807, 2.05) is 12.1 Å². The van der Waals surface area contributed by atoms with Crippen molar-refractivity contribution in [1.82, 2.24) is 10.2 Å². The number of fused-ring (bicyclic) bond motifs is 1. The molecule has 1 N–H and O–H groups in total. The molecule has 0 aliphatic heterocycles. The first-order valence-electron chi connectivity index (χ1n) is 7.84. The molecule has 21 heavy (non-hydrogen) atoms. The quantitative estimate of drug-likeness (QED) is 0.885. The van der Waals surface area contributed by atoms with Crippen LogP contribution in [0.2, 0.25) is 0 Å². The summed E-state index contributed by atoms with van der Waals surface area (Å²) < 4.78 is 5.24. The molecule has 0 saturated carbocycles. The van der Waals surface area contributed by atoms with Crippen molar-refractivity contribution in [2.75, 3.05) is 7.11 Å². The van der Waals surface area contributed by atoms with Crippen LogP contribution in [0.1, 0.15) is 56.7 Å². The highest BCUT2D eigenvalue weighted by Gasteiger charge is 2.31. The van der Waals surface area contributed by atoms with Crippen LogP contribution >= 0.6 is 0 Å². The number of ether oxygens (including phenoxy) is 1. The second kappa shape index (κ2) is 5.55. The van der Waals surface area contributed by atoms with Crippen LogP contribution in [0.3, 0.4) is 0 Å². The van der Waals surface area contributed by atoms with Crippen LogP contribution in [0.25, 0.3) is 11.3 Å². The highest BCUT2D eigenvalue weighted by molar-refractivity contribution is 5.66. The number of aromatic amines is 1. The number of nitrogens with zero attached hydrogens (tertiary/aromatic N) is 1. The number of benzene rings is 1. The predicted octanol–water partition coefficient (Wildman–Crippen LogP) is 4.72. The summed E-state index contributed by atoms with van der Waals surface area (Å²) in [5.41, 5.74) is 5.06. The Morgan fingerprint density at radius 2 is 1.90 bits per heavy atom. The van der Waals surface area contributed by atoms with E-state index in [4.69, 9.17) is 4.74 Å². The Hall–Kier alpha value is -1.77. The third-order valence-corrected chi connectivity index (χ3v) is 4.78. The highest BCUT2D eigenvalue weighted by Crippen LogP contribution is 2.44. The topological polar surface area (TPSA) is 37.9 Å². The maximum atomic E-state index is 5.24. The molecule has 0 radical (unpaired) electrons. The molecule has 0 saturated heterocycles. The minimum atomic E-state index is 0.575. The molecule has 3 nitrogen and oxygen atoms in total. The number of aromatic nitrogens is 2. The molecule has 3 rings (SSSR count). The summed E-state index contributed by atoms with van der Waals surface area (Å²) in [5.74, 6) is 2.72. The van der Waals surface area contributed by atoms with Crippen molar-refractivity contribution in [2.45, 2.75) is 45.4 Å². The lowest BCUT2D eigenvalue weighted by molar-refractivity contribution is 0.403. The van der Waals surface area contributed by atoms with E-state index in [2.05, 4.69) is 43.1 Å². The zero-order chi connectivity index (χ0) is 15.0. The molecule has 1 heterocycles. The van der Waals surface area contributed by atoms with E-state index in [0.717, 1.165) is 11.4 Å². The summed E-state index contributed by atoms with van der Waals surface area (Å²) in [4.78, 5) is 0. The fourth-order valence-corrected chi connectivity index (χ4v) is 3.50. The molecule has 1 aromatic carbocycles. The van der Waals surface area contributed by atoms with Gasteiger partial charge in [-0.15, -0.1) is 0 Å². The number of methoxy groups -OCH3 is 1. The third kappa shape index (κ3) is 2.45. The molecule has 0 amide bonds. The van der Waals surface area contributed by atoms with Crippen LogP contribution in [0.15, 0.2) is 24.3 Å². The Balaban J connectivity index is 2.04. The van der Waals surface area contributed by atoms with Crippen molar-refractivity contribution in [2.24, 2.45) is 5.92 Å². The number of hydrogen-bond donors (Lipinski definition) is 1. The van der Waals surface area contributed by atoms with Gasteiger partial charge in [0.2, 0.25) is 0 Å². The molecule has 1 aliphatic carbocycles. The Morgan fingerprint density at radius 3 is 2.52 bits per heavy atom. The van der Waals surface area contributed by atoms with Crippen LogP contribution in [0, 0.1) is 5.92 Å². The standard InChI is InChI=1S/C18H24N2O/c1-11(2)15-10-5-12(3)16-17(19-20-18(15)16)13-6-8-14(21-4)9-7-13/h6-9,11-12,15H,5,10H2,1-4H3,(H,19,20)/t12-,15+/m1/s1. The minimum absolute atomic E-state index is 0.575. The summed E-state index contributed by atoms with van der Waals surface area (Å²) in [5, 5.41) is 7.97. The number of H-pyrrole nitrogens is 1. The average Bonchev–Trinajstić information content (AvgIpc) is 2.93. The lowest BCUT2D eigenvalue weighted by Gasteiger charge is -2.29. The van der Waals surface area contributed by atoms with E-state index in [1.54, 1.807) is 7.11 Å². The number of rotatable bonds is 3. The van der Waals surface area contributed by atoms with Crippen molar-refractivity contribution >= 4 is 0 Å². The van der Waals surface area contributed by atoms with Gasteiger partial charge in [-0.1, -0.05) is 20.8 Å². The Labute approximate surface area is 126 Å². The summed E-state index contributed by atoms with van der Waals surface area (Å²) in [6, 6.07) is 8.20. The third-order valence-electron chi connectivity index (χ3n) is 4.78. The van der Waals surface area contributed by atoms with Crippen molar-refractivity contribution < 1.29 is 4.74 Å². The molecule has 0 unspecified atom stereocenters. The molecule has 1 aromatic heterocycles. The fraction of sp³-hybridized carbons (Fsp3) is 0.500. The predicted molar refractivity (Wildman–Crippen MR) is 85.8 cm³/mol. The van der Waals surface area contributed by atoms with Gasteiger partial charge < -0.3 is 4.74 Å². The van der Waals surface area contributed by atoms with Crippen LogP contribution in [0.5, 0.6) is 5.75 Å². The van der Waals surface area contributed by atoms with Gasteiger partial charge in [0.1, 0.15) is 5.75 Å². The van der Waals surface area contributed by atoms with Gasteiger partial charge in [-0.25, -0.2) is 0 Å². The molecule has 0 spiro atoms. The summed E-state index contributed by atoms with van der Waals surface area (Å²) >= 11 is 0. The maximum Gasteiger partial charge on any atom is 0.118 e. The number of nitrogens with one attached hydrogen (secondary N) is 1. The van der Waals surface area contributed by atoms with E-state index in [9.17, 15) is 0 Å². The molecule has 112 valence electrons. The average molecular weight is 284 g/mol. The second-order valence-corrected chi connectivity index (χ2v) is 6.46. The fourth-order valence-electron chi connectivity index (χ4n) is 3.50. The maximum absolute atomic E-state index is 5.24. The molecular formula is C18H24N2O. The van der Waals surface area contributed by atoms with Crippen LogP contribution in [-0.2, 0) is 0 Å². The molecule has 0 fully saturated rings. The minimum Gasteiger partial charge on any atom is -0.497 e. The monoisotopic (exact) mass is 284 g/mol. The van der Waals surface area contributed by atoms with E-state index in [-0.39, 0.29) is 0 Å². The van der Waals surface area contributed by atoms with Gasteiger partial charge in [0.25, 0.3) is 0 Å². The summed E-state index contributed by atoms with van der Waals surface area (Å²) in [6.07, 6.45) is 2.51. The lowest BCUT2D eigenvalue weighted by Crippen LogP contribution is -2.16. The van der Waals surface area contributed by atoms with E-state index >= 15 is 0 Å². The van der Waals surface area contributed by atoms with E-state index in [1.165, 1.54) is 29.7 Å². The first-order valence-corrected chi connectivity index (χ1v) is 7.84. The van der Waals surface area contributed by atoms with Gasteiger partial charge in [0.15, 0.2) is 0 Å². The lowest BCUT2D eigenvalue weighted by atomic mass is 9.75. The SMILES string of the molecule is COc1ccc(-c2n[nH]c3c2[C@H](C)CC[C@H]3C(C)C)cc1. The van der Waals surface area contributed by atoms with Crippen LogP contribution in [0.4, 0.5) is 0 Å². The van der Waals surface area contributed by atoms with Gasteiger partial charge >= 0.3 is 0 Å². The Kier molecular flexibility index (Phi) is 3.75. The van der Waals surface area contributed by atoms with Gasteiger partial charge in [0.05, 0.1) is 12.8 Å². The van der Waals surface area contributed by atoms with Gasteiger partial charge in [-0.05, 0) is 48.9 Å². The first-order chi connectivity index (χ1) is 10.1. The van der Waals surface area contributed by atoms with Crippen LogP contribution in [-0.4, -0.2) is 17.3 Å². The van der Waals surface area contributed by atoms with E-state index < -0.39 is 0 Å². The molecule has 2 atom stereocenters. The molecular weight excluding hydrogens is 260 g/mol. The highest BCUT2D eigenvalue weighted by atomic mass is 16.5.